The van der Waals surface area contributed by atoms with E-state index >= 15 is 0 Å². The van der Waals surface area contributed by atoms with E-state index in [0.717, 1.165) is 12.1 Å². The van der Waals surface area contributed by atoms with Gasteiger partial charge in [0.25, 0.3) is 5.91 Å². The van der Waals surface area contributed by atoms with Crippen molar-refractivity contribution >= 4 is 17.5 Å². The zero-order chi connectivity index (χ0) is 23.4. The smallest absolute Gasteiger partial charge is 0.417 e. The summed E-state index contributed by atoms with van der Waals surface area (Å²) in [5.74, 6) is -0.191. The highest BCUT2D eigenvalue weighted by atomic mass is 19.4. The third kappa shape index (κ3) is 4.95. The first-order chi connectivity index (χ1) is 15.8. The van der Waals surface area contributed by atoms with Crippen LogP contribution >= 0.6 is 0 Å². The van der Waals surface area contributed by atoms with E-state index in [9.17, 15) is 18.0 Å². The molecule has 1 aromatic carbocycles. The number of pyridine rings is 1. The van der Waals surface area contributed by atoms with Gasteiger partial charge in [-0.3, -0.25) is 9.48 Å². The number of anilines is 2. The van der Waals surface area contributed by atoms with Crippen LogP contribution in [0.2, 0.25) is 0 Å². The molecule has 0 spiro atoms. The second-order valence-electron chi connectivity index (χ2n) is 6.82. The molecule has 0 aliphatic heterocycles. The minimum Gasteiger partial charge on any atom is -0.489 e. The van der Waals surface area contributed by atoms with Gasteiger partial charge >= 0.3 is 6.18 Å². The summed E-state index contributed by atoms with van der Waals surface area (Å²) >= 11 is 0. The SMILES string of the molecule is Nc1c(C(=O)Nc2ccc(C(F)(F)F)cn2)cnn1-c1ccccc1OCCn1cccn1. The average Bonchev–Trinajstić information content (AvgIpc) is 3.44. The van der Waals surface area contributed by atoms with E-state index in [1.54, 1.807) is 35.1 Å². The van der Waals surface area contributed by atoms with Gasteiger partial charge in [-0.1, -0.05) is 12.1 Å². The molecule has 0 bridgehead atoms. The van der Waals surface area contributed by atoms with Crippen molar-refractivity contribution in [3.8, 4) is 11.4 Å². The number of amides is 1. The molecule has 33 heavy (non-hydrogen) atoms. The van der Waals surface area contributed by atoms with Crippen LogP contribution < -0.4 is 15.8 Å². The predicted molar refractivity (Wildman–Crippen MR) is 113 cm³/mol. The van der Waals surface area contributed by atoms with Gasteiger partial charge in [0.05, 0.1) is 18.3 Å². The summed E-state index contributed by atoms with van der Waals surface area (Å²) in [6, 6.07) is 10.7. The van der Waals surface area contributed by atoms with Crippen LogP contribution in [0.5, 0.6) is 5.75 Å². The summed E-state index contributed by atoms with van der Waals surface area (Å²) in [5, 5.41) is 10.7. The predicted octanol–water partition coefficient (Wildman–Crippen LogP) is 3.40. The molecule has 12 heteroatoms. The second kappa shape index (κ2) is 9.02. The molecule has 9 nitrogen and oxygen atoms in total. The molecule has 0 radical (unpaired) electrons. The molecular weight excluding hydrogens is 439 g/mol. The number of nitrogens with two attached hydrogens (primary N) is 1. The average molecular weight is 457 g/mol. The molecule has 0 unspecified atom stereocenters. The fraction of sp³-hybridized carbons (Fsp3) is 0.143. The molecule has 3 N–H and O–H groups in total. The maximum Gasteiger partial charge on any atom is 0.417 e. The van der Waals surface area contributed by atoms with Gasteiger partial charge in [-0.25, -0.2) is 9.67 Å². The summed E-state index contributed by atoms with van der Waals surface area (Å²) < 4.78 is 46.9. The van der Waals surface area contributed by atoms with E-state index < -0.39 is 17.6 Å². The maximum absolute atomic E-state index is 12.7. The number of halogens is 3. The topological polar surface area (TPSA) is 113 Å². The summed E-state index contributed by atoms with van der Waals surface area (Å²) in [5.41, 5.74) is 5.77. The largest absolute Gasteiger partial charge is 0.489 e. The number of benzene rings is 1. The van der Waals surface area contributed by atoms with Gasteiger partial charge in [0, 0.05) is 18.6 Å². The maximum atomic E-state index is 12.7. The fourth-order valence-electron chi connectivity index (χ4n) is 2.98. The summed E-state index contributed by atoms with van der Waals surface area (Å²) in [6.45, 7) is 0.872. The Morgan fingerprint density at radius 3 is 2.61 bits per heavy atom. The number of nitrogens with one attached hydrogen (secondary N) is 1. The lowest BCUT2D eigenvalue weighted by Gasteiger charge is -2.13. The van der Waals surface area contributed by atoms with E-state index in [-0.39, 0.29) is 17.2 Å². The Bertz CT molecular complexity index is 1240. The van der Waals surface area contributed by atoms with Crippen LogP contribution in [0.1, 0.15) is 15.9 Å². The Balaban J connectivity index is 1.49. The van der Waals surface area contributed by atoms with Crippen molar-refractivity contribution in [3.63, 3.8) is 0 Å². The molecule has 4 rings (SSSR count). The molecule has 0 saturated heterocycles. The van der Waals surface area contributed by atoms with E-state index in [2.05, 4.69) is 20.5 Å². The molecular formula is C21H18F3N7O2. The van der Waals surface area contributed by atoms with Crippen LogP contribution in [-0.2, 0) is 12.7 Å². The molecule has 0 saturated carbocycles. The number of carbonyl (C=O) groups is 1. The fourth-order valence-corrected chi connectivity index (χ4v) is 2.98. The van der Waals surface area contributed by atoms with Gasteiger partial charge in [0.15, 0.2) is 0 Å². The molecule has 170 valence electrons. The zero-order valence-electron chi connectivity index (χ0n) is 17.0. The van der Waals surface area contributed by atoms with Crippen molar-refractivity contribution in [2.45, 2.75) is 12.7 Å². The van der Waals surface area contributed by atoms with Gasteiger partial charge in [-0.15, -0.1) is 0 Å². The Labute approximate surface area is 185 Å². The highest BCUT2D eigenvalue weighted by Crippen LogP contribution is 2.29. The number of nitrogen functional groups attached to an aromatic ring is 1. The monoisotopic (exact) mass is 457 g/mol. The van der Waals surface area contributed by atoms with E-state index in [1.807, 2.05) is 12.3 Å². The Hall–Kier alpha value is -4.35. The summed E-state index contributed by atoms with van der Waals surface area (Å²) in [6.07, 6.45) is 0.867. The molecule has 3 heterocycles. The van der Waals surface area contributed by atoms with E-state index in [4.69, 9.17) is 10.5 Å². The molecule has 1 amide bonds. The lowest BCUT2D eigenvalue weighted by Crippen LogP contribution is -2.15. The number of aromatic nitrogens is 5. The number of ether oxygens (including phenoxy) is 1. The Kier molecular flexibility index (Phi) is 5.98. The standard InChI is InChI=1S/C21H18F3N7O2/c22-21(23,24)14-6-7-18(26-12-14)29-20(32)15-13-28-31(19(15)25)16-4-1-2-5-17(16)33-11-10-30-9-3-8-27-30/h1-9,12-13H,10-11,25H2,(H,26,29,32). The first-order valence-corrected chi connectivity index (χ1v) is 9.70. The number of nitrogens with zero attached hydrogens (tertiary/aromatic N) is 5. The Morgan fingerprint density at radius 2 is 1.91 bits per heavy atom. The van der Waals surface area contributed by atoms with Gasteiger partial charge in [0.1, 0.15) is 35.2 Å². The van der Waals surface area contributed by atoms with E-state index in [0.29, 0.717) is 30.8 Å². The van der Waals surface area contributed by atoms with Crippen molar-refractivity contribution in [1.82, 2.24) is 24.5 Å². The first kappa shape index (κ1) is 21.9. The third-order valence-corrected chi connectivity index (χ3v) is 4.61. The van der Waals surface area contributed by atoms with Crippen LogP contribution in [0.25, 0.3) is 5.69 Å². The minimum atomic E-state index is -4.52. The molecule has 0 atom stereocenters. The summed E-state index contributed by atoms with van der Waals surface area (Å²) in [4.78, 5) is 16.2. The van der Waals surface area contributed by atoms with Crippen molar-refractivity contribution in [1.29, 1.82) is 0 Å². The van der Waals surface area contributed by atoms with Crippen LogP contribution in [-0.4, -0.2) is 37.1 Å². The van der Waals surface area contributed by atoms with Crippen LogP contribution in [0.4, 0.5) is 24.8 Å². The van der Waals surface area contributed by atoms with Crippen molar-refractivity contribution in [3.05, 3.63) is 78.4 Å². The number of carbonyl (C=O) groups excluding carboxylic acids is 1. The van der Waals surface area contributed by atoms with Gasteiger partial charge < -0.3 is 15.8 Å². The number of alkyl halides is 3. The molecule has 3 aromatic heterocycles. The van der Waals surface area contributed by atoms with Gasteiger partial charge in [-0.2, -0.15) is 23.4 Å². The van der Waals surface area contributed by atoms with E-state index in [1.165, 1.54) is 10.9 Å². The van der Waals surface area contributed by atoms with Gasteiger partial charge in [0.2, 0.25) is 0 Å². The molecule has 0 fully saturated rings. The summed E-state index contributed by atoms with van der Waals surface area (Å²) in [7, 11) is 0. The van der Waals surface area contributed by atoms with Gasteiger partial charge in [-0.05, 0) is 30.3 Å². The quantitative estimate of drug-likeness (QED) is 0.440. The zero-order valence-corrected chi connectivity index (χ0v) is 17.0. The highest BCUT2D eigenvalue weighted by molar-refractivity contribution is 6.06. The normalized spacial score (nSPS) is 11.4. The Morgan fingerprint density at radius 1 is 1.09 bits per heavy atom. The lowest BCUT2D eigenvalue weighted by atomic mass is 10.2. The van der Waals surface area contributed by atoms with Crippen LogP contribution in [0, 0.1) is 0 Å². The highest BCUT2D eigenvalue weighted by Gasteiger charge is 2.30. The third-order valence-electron chi connectivity index (χ3n) is 4.61. The molecule has 0 aliphatic rings. The van der Waals surface area contributed by atoms with Crippen molar-refractivity contribution in [2.75, 3.05) is 17.7 Å². The minimum absolute atomic E-state index is 0.0301. The van der Waals surface area contributed by atoms with Crippen molar-refractivity contribution < 1.29 is 22.7 Å². The number of hydrogen-bond acceptors (Lipinski definition) is 6. The number of para-hydroxylation sites is 2. The lowest BCUT2D eigenvalue weighted by molar-refractivity contribution is -0.137. The number of hydrogen-bond donors (Lipinski definition) is 2. The second-order valence-corrected chi connectivity index (χ2v) is 6.82. The van der Waals surface area contributed by atoms with Crippen LogP contribution in [0.3, 0.4) is 0 Å². The first-order valence-electron chi connectivity index (χ1n) is 9.70. The van der Waals surface area contributed by atoms with Crippen LogP contribution in [0.15, 0.2) is 67.3 Å². The molecule has 4 aromatic rings. The molecule has 0 aliphatic carbocycles. The van der Waals surface area contributed by atoms with Crippen molar-refractivity contribution in [2.24, 2.45) is 0 Å². The number of rotatable bonds is 7.